The first-order valence-corrected chi connectivity index (χ1v) is 15.1. The Balaban J connectivity index is 1.36. The Morgan fingerprint density at radius 2 is 1.71 bits per heavy atom. The minimum absolute atomic E-state index is 0.112. The van der Waals surface area contributed by atoms with Gasteiger partial charge in [-0.05, 0) is 76.0 Å². The number of carbonyl (C=O) groups is 2. The molecule has 0 spiro atoms. The number of rotatable bonds is 5. The second-order valence-corrected chi connectivity index (χ2v) is 14.4. The summed E-state index contributed by atoms with van der Waals surface area (Å²) in [6, 6.07) is 9.64. The highest BCUT2D eigenvalue weighted by Crippen LogP contribution is 2.42. The van der Waals surface area contributed by atoms with Crippen molar-refractivity contribution in [3.63, 3.8) is 0 Å². The molecule has 3 aromatic rings. The number of fused-ring (bicyclic) bond motifs is 1. The van der Waals surface area contributed by atoms with E-state index in [9.17, 15) is 14.7 Å². The van der Waals surface area contributed by atoms with E-state index in [1.54, 1.807) is 10.7 Å². The van der Waals surface area contributed by atoms with Gasteiger partial charge in [0, 0.05) is 41.5 Å². The van der Waals surface area contributed by atoms with Crippen LogP contribution in [0.15, 0.2) is 48.8 Å². The molecule has 0 unspecified atom stereocenters. The lowest BCUT2D eigenvalue weighted by atomic mass is 9.71. The van der Waals surface area contributed by atoms with Crippen LogP contribution in [0.25, 0.3) is 16.9 Å². The predicted octanol–water partition coefficient (Wildman–Crippen LogP) is 6.68. The fourth-order valence-corrected chi connectivity index (χ4v) is 6.49. The summed E-state index contributed by atoms with van der Waals surface area (Å²) in [6.45, 7) is 18.7. The van der Waals surface area contributed by atoms with Crippen LogP contribution >= 0.6 is 11.6 Å². The molecule has 9 heteroatoms. The molecule has 0 radical (unpaired) electrons. The van der Waals surface area contributed by atoms with E-state index in [2.05, 4.69) is 52.2 Å². The van der Waals surface area contributed by atoms with Gasteiger partial charge in [0.05, 0.1) is 22.8 Å². The summed E-state index contributed by atoms with van der Waals surface area (Å²) in [7, 11) is 0. The van der Waals surface area contributed by atoms with Gasteiger partial charge in [0.15, 0.2) is 5.65 Å². The zero-order valence-corrected chi connectivity index (χ0v) is 26.3. The second kappa shape index (κ2) is 10.7. The van der Waals surface area contributed by atoms with Crippen LogP contribution < -0.4 is 0 Å². The number of carboxylic acids is 1. The zero-order chi connectivity index (χ0) is 30.6. The number of hydrogen-bond donors (Lipinski definition) is 1. The van der Waals surface area contributed by atoms with Crippen molar-refractivity contribution in [1.29, 1.82) is 0 Å². The molecular formula is C33H42ClN5O3. The summed E-state index contributed by atoms with van der Waals surface area (Å²) in [5.74, 6) is -0.554. The van der Waals surface area contributed by atoms with E-state index in [1.807, 2.05) is 36.1 Å². The van der Waals surface area contributed by atoms with Crippen LogP contribution in [0.5, 0.6) is 0 Å². The van der Waals surface area contributed by atoms with Gasteiger partial charge in [-0.1, -0.05) is 51.1 Å². The summed E-state index contributed by atoms with van der Waals surface area (Å²) in [6.07, 6.45) is 4.71. The molecule has 1 aliphatic heterocycles. The predicted molar refractivity (Wildman–Crippen MR) is 166 cm³/mol. The molecule has 2 fully saturated rings. The van der Waals surface area contributed by atoms with E-state index >= 15 is 0 Å². The lowest BCUT2D eigenvalue weighted by Crippen LogP contribution is -2.61. The fraction of sp³-hybridized carbons (Fsp3) is 0.515. The molecule has 42 heavy (non-hydrogen) atoms. The van der Waals surface area contributed by atoms with Gasteiger partial charge in [-0.15, -0.1) is 0 Å². The summed E-state index contributed by atoms with van der Waals surface area (Å²) in [5, 5.41) is 15.1. The number of aliphatic carboxylic acids is 1. The van der Waals surface area contributed by atoms with E-state index in [0.717, 1.165) is 35.4 Å². The van der Waals surface area contributed by atoms with Crippen molar-refractivity contribution < 1.29 is 14.7 Å². The first-order chi connectivity index (χ1) is 19.6. The first kappa shape index (κ1) is 30.1. The molecule has 2 aromatic heterocycles. The molecule has 0 atom stereocenters. The molecule has 1 aliphatic carbocycles. The van der Waals surface area contributed by atoms with E-state index in [0.29, 0.717) is 48.8 Å². The lowest BCUT2D eigenvalue weighted by Gasteiger charge is -2.49. The number of imidazole rings is 1. The molecule has 2 aliphatic rings. The highest BCUT2D eigenvalue weighted by atomic mass is 35.5. The monoisotopic (exact) mass is 591 g/mol. The quantitative estimate of drug-likeness (QED) is 0.356. The summed E-state index contributed by atoms with van der Waals surface area (Å²) >= 11 is 6.11. The zero-order valence-electron chi connectivity index (χ0n) is 25.6. The largest absolute Gasteiger partial charge is 0.481 e. The average Bonchev–Trinajstić information content (AvgIpc) is 3.36. The van der Waals surface area contributed by atoms with Crippen molar-refractivity contribution in [1.82, 2.24) is 24.4 Å². The van der Waals surface area contributed by atoms with Gasteiger partial charge < -0.3 is 14.9 Å². The minimum Gasteiger partial charge on any atom is -0.481 e. The Bertz CT molecular complexity index is 1530. The number of aromatic nitrogens is 3. The Kier molecular flexibility index (Phi) is 7.67. The van der Waals surface area contributed by atoms with Gasteiger partial charge in [-0.25, -0.2) is 9.50 Å². The maximum absolute atomic E-state index is 14.0. The average molecular weight is 592 g/mol. The van der Waals surface area contributed by atoms with Gasteiger partial charge in [0.1, 0.15) is 5.69 Å². The van der Waals surface area contributed by atoms with E-state index < -0.39 is 16.9 Å². The van der Waals surface area contributed by atoms with Crippen LogP contribution in [0.1, 0.15) is 83.3 Å². The fourth-order valence-electron chi connectivity index (χ4n) is 6.37. The van der Waals surface area contributed by atoms with Crippen LogP contribution in [-0.4, -0.2) is 66.6 Å². The number of amides is 1. The minimum atomic E-state index is -0.710. The van der Waals surface area contributed by atoms with Gasteiger partial charge >= 0.3 is 5.97 Å². The topological polar surface area (TPSA) is 91.0 Å². The highest BCUT2D eigenvalue weighted by molar-refractivity contribution is 6.30. The maximum Gasteiger partial charge on any atom is 0.309 e. The number of carbonyl (C=O) groups excluding carboxylic acids is 1. The van der Waals surface area contributed by atoms with Crippen molar-refractivity contribution in [2.75, 3.05) is 19.6 Å². The molecule has 1 N–H and O–H groups in total. The Morgan fingerprint density at radius 1 is 1.07 bits per heavy atom. The number of piperazine rings is 1. The Labute approximate surface area is 253 Å². The number of carboxylic acid groups (broad SMARTS) is 1. The molecule has 3 heterocycles. The number of allylic oxidation sites excluding steroid dienone is 1. The lowest BCUT2D eigenvalue weighted by molar-refractivity contribution is -0.150. The normalized spacial score (nSPS) is 22.8. The van der Waals surface area contributed by atoms with Gasteiger partial charge in [-0.2, -0.15) is 5.10 Å². The molecule has 5 rings (SSSR count). The third-order valence-electron chi connectivity index (χ3n) is 9.22. The summed E-state index contributed by atoms with van der Waals surface area (Å²) in [4.78, 5) is 34.7. The molecule has 1 aromatic carbocycles. The third-order valence-corrected chi connectivity index (χ3v) is 9.47. The van der Waals surface area contributed by atoms with Crippen molar-refractivity contribution in [2.24, 2.45) is 11.3 Å². The van der Waals surface area contributed by atoms with Crippen LogP contribution in [0.3, 0.4) is 0 Å². The molecule has 1 saturated carbocycles. The molecular weight excluding hydrogens is 550 g/mol. The maximum atomic E-state index is 14.0. The molecule has 224 valence electrons. The Hall–Kier alpha value is -3.39. The van der Waals surface area contributed by atoms with Crippen molar-refractivity contribution >= 4 is 29.1 Å². The smallest absolute Gasteiger partial charge is 0.309 e. The van der Waals surface area contributed by atoms with Crippen molar-refractivity contribution in [3.8, 4) is 11.3 Å². The summed E-state index contributed by atoms with van der Waals surface area (Å²) < 4.78 is 1.73. The van der Waals surface area contributed by atoms with Crippen LogP contribution in [0, 0.1) is 11.3 Å². The van der Waals surface area contributed by atoms with Gasteiger partial charge in [0.25, 0.3) is 5.91 Å². The number of nitrogens with zero attached hydrogens (tertiary/aromatic N) is 5. The number of benzene rings is 1. The number of halogens is 1. The number of hydrogen-bond acceptors (Lipinski definition) is 5. The SMILES string of the molecule is C=C(C1CCC(C)(C(=O)O)CC1)N1CCN(C(=O)c2cn3nc(-c4ccc(Cl)cc4)cc(C(C)(C)C)c3n2)C(C)(C)C1. The van der Waals surface area contributed by atoms with Crippen molar-refractivity contribution in [2.45, 2.75) is 78.2 Å². The first-order valence-electron chi connectivity index (χ1n) is 14.7. The van der Waals surface area contributed by atoms with Gasteiger partial charge in [0.2, 0.25) is 0 Å². The van der Waals surface area contributed by atoms with E-state index in [-0.39, 0.29) is 17.2 Å². The standard InChI is InChI=1S/C33H42ClN5O3/c1-21(22-12-14-33(7,15-13-22)30(41)42)37-16-17-38(32(5,6)20-37)29(40)27-19-39-28(35-27)25(31(2,3)4)18-26(36-39)23-8-10-24(34)11-9-23/h8-11,18-19,22H,1,12-17,20H2,2-7H3,(H,41,42). The summed E-state index contributed by atoms with van der Waals surface area (Å²) in [5.41, 5.74) is 3.54. The highest BCUT2D eigenvalue weighted by Gasteiger charge is 2.42. The Morgan fingerprint density at radius 3 is 2.29 bits per heavy atom. The van der Waals surface area contributed by atoms with E-state index in [1.165, 1.54) is 0 Å². The van der Waals surface area contributed by atoms with Crippen LogP contribution in [0.4, 0.5) is 0 Å². The second-order valence-electron chi connectivity index (χ2n) is 13.9. The van der Waals surface area contributed by atoms with E-state index in [4.69, 9.17) is 21.7 Å². The molecule has 8 nitrogen and oxygen atoms in total. The molecule has 1 amide bonds. The van der Waals surface area contributed by atoms with Gasteiger partial charge in [-0.3, -0.25) is 9.59 Å². The molecule has 0 bridgehead atoms. The van der Waals surface area contributed by atoms with Crippen LogP contribution in [0.2, 0.25) is 5.02 Å². The molecule has 1 saturated heterocycles. The van der Waals surface area contributed by atoms with Crippen LogP contribution in [-0.2, 0) is 10.2 Å². The van der Waals surface area contributed by atoms with Crippen molar-refractivity contribution in [3.05, 3.63) is 65.1 Å². The third kappa shape index (κ3) is 5.65.